The van der Waals surface area contributed by atoms with Crippen molar-refractivity contribution in [1.82, 2.24) is 0 Å². The number of nitrogen functional groups attached to an aromatic ring is 1. The van der Waals surface area contributed by atoms with Crippen molar-refractivity contribution in [2.45, 2.75) is 4.90 Å². The molecular weight excluding hydrogens is 249 g/mol. The minimum atomic E-state index is -4.68. The monoisotopic (exact) mass is 253 g/mol. The van der Waals surface area contributed by atoms with Crippen LogP contribution in [0.4, 0.5) is 9.57 Å². The Kier molecular flexibility index (Phi) is 2.39. The van der Waals surface area contributed by atoms with Crippen LogP contribution in [0.3, 0.4) is 0 Å². The van der Waals surface area contributed by atoms with Crippen LogP contribution in [0, 0.1) is 0 Å². The van der Waals surface area contributed by atoms with E-state index in [1.54, 1.807) is 0 Å². The summed E-state index contributed by atoms with van der Waals surface area (Å²) in [6.07, 6.45) is 0. The van der Waals surface area contributed by atoms with E-state index in [2.05, 4.69) is 15.9 Å². The zero-order valence-corrected chi connectivity index (χ0v) is 8.19. The van der Waals surface area contributed by atoms with Gasteiger partial charge in [-0.15, -0.1) is 3.89 Å². The lowest BCUT2D eigenvalue weighted by Crippen LogP contribution is -1.95. The molecule has 12 heavy (non-hydrogen) atoms. The van der Waals surface area contributed by atoms with Gasteiger partial charge in [-0.2, -0.15) is 8.42 Å². The van der Waals surface area contributed by atoms with E-state index in [0.717, 1.165) is 6.07 Å². The molecule has 0 unspecified atom stereocenters. The SMILES string of the molecule is Nc1ccc(Br)c(S(=O)(=O)F)c1. The molecule has 0 saturated heterocycles. The Labute approximate surface area is 77.7 Å². The molecule has 2 N–H and O–H groups in total. The summed E-state index contributed by atoms with van der Waals surface area (Å²) in [5, 5.41) is 0. The standard InChI is InChI=1S/C6H5BrFNO2S/c7-5-2-1-4(9)3-6(5)12(8,10)11/h1-3H,9H2. The first-order valence-corrected chi connectivity index (χ1v) is 5.08. The molecule has 1 aromatic carbocycles. The Morgan fingerprint density at radius 2 is 2.00 bits per heavy atom. The maximum absolute atomic E-state index is 12.4. The van der Waals surface area contributed by atoms with Gasteiger partial charge in [-0.3, -0.25) is 0 Å². The number of benzene rings is 1. The molecule has 0 amide bonds. The minimum absolute atomic E-state index is 0.166. The lowest BCUT2D eigenvalue weighted by molar-refractivity contribution is 0.551. The summed E-state index contributed by atoms with van der Waals surface area (Å²) < 4.78 is 33.5. The van der Waals surface area contributed by atoms with E-state index < -0.39 is 15.1 Å². The predicted molar refractivity (Wildman–Crippen MR) is 46.8 cm³/mol. The van der Waals surface area contributed by atoms with Gasteiger partial charge in [0.15, 0.2) is 0 Å². The molecule has 0 fully saturated rings. The van der Waals surface area contributed by atoms with Crippen molar-refractivity contribution < 1.29 is 12.3 Å². The largest absolute Gasteiger partial charge is 0.399 e. The second-order valence-corrected chi connectivity index (χ2v) is 4.30. The van der Waals surface area contributed by atoms with Gasteiger partial charge in [0.05, 0.1) is 0 Å². The third kappa shape index (κ3) is 1.95. The molecule has 0 aliphatic carbocycles. The van der Waals surface area contributed by atoms with Crippen molar-refractivity contribution in [3.05, 3.63) is 22.7 Å². The zero-order valence-electron chi connectivity index (χ0n) is 5.79. The molecule has 1 rings (SSSR count). The second kappa shape index (κ2) is 3.02. The molecule has 0 aromatic heterocycles. The topological polar surface area (TPSA) is 60.2 Å². The fraction of sp³-hybridized carbons (Fsp3) is 0. The maximum Gasteiger partial charge on any atom is 0.333 e. The molecule has 0 heterocycles. The van der Waals surface area contributed by atoms with Crippen LogP contribution < -0.4 is 5.73 Å². The molecule has 0 bridgehead atoms. The van der Waals surface area contributed by atoms with Gasteiger partial charge in [0.2, 0.25) is 0 Å². The molecule has 0 radical (unpaired) electrons. The lowest BCUT2D eigenvalue weighted by Gasteiger charge is -1.99. The number of nitrogens with two attached hydrogens (primary N) is 1. The molecule has 1 aromatic rings. The molecular formula is C6H5BrFNO2S. The summed E-state index contributed by atoms with van der Waals surface area (Å²) >= 11 is 2.89. The molecule has 66 valence electrons. The van der Waals surface area contributed by atoms with Crippen molar-refractivity contribution >= 4 is 31.8 Å². The first-order valence-electron chi connectivity index (χ1n) is 2.91. The number of anilines is 1. The Morgan fingerprint density at radius 3 is 2.42 bits per heavy atom. The zero-order chi connectivity index (χ0) is 9.35. The molecule has 0 aliphatic heterocycles. The van der Waals surface area contributed by atoms with Gasteiger partial charge in [-0.05, 0) is 34.1 Å². The molecule has 0 saturated carbocycles. The molecule has 0 atom stereocenters. The van der Waals surface area contributed by atoms with Crippen LogP contribution in [-0.4, -0.2) is 8.42 Å². The smallest absolute Gasteiger partial charge is 0.333 e. The highest BCUT2D eigenvalue weighted by Gasteiger charge is 2.15. The fourth-order valence-electron chi connectivity index (χ4n) is 0.707. The summed E-state index contributed by atoms with van der Waals surface area (Å²) in [6, 6.07) is 3.90. The highest BCUT2D eigenvalue weighted by molar-refractivity contribution is 9.10. The van der Waals surface area contributed by atoms with Gasteiger partial charge in [-0.25, -0.2) is 0 Å². The van der Waals surface area contributed by atoms with E-state index in [0.29, 0.717) is 0 Å². The third-order valence-corrected chi connectivity index (χ3v) is 3.04. The summed E-state index contributed by atoms with van der Waals surface area (Å²) in [7, 11) is -4.68. The average Bonchev–Trinajstić information content (AvgIpc) is 1.92. The van der Waals surface area contributed by atoms with Crippen LogP contribution in [-0.2, 0) is 10.2 Å². The third-order valence-electron chi connectivity index (χ3n) is 1.22. The number of hydrogen-bond donors (Lipinski definition) is 1. The van der Waals surface area contributed by atoms with Crippen molar-refractivity contribution in [3.63, 3.8) is 0 Å². The van der Waals surface area contributed by atoms with Gasteiger partial charge < -0.3 is 5.73 Å². The van der Waals surface area contributed by atoms with Crippen LogP contribution in [0.2, 0.25) is 0 Å². The Balaban J connectivity index is 3.43. The average molecular weight is 254 g/mol. The molecule has 0 spiro atoms. The molecule has 6 heteroatoms. The van der Waals surface area contributed by atoms with Gasteiger partial charge in [0.1, 0.15) is 4.90 Å². The van der Waals surface area contributed by atoms with Crippen molar-refractivity contribution in [3.8, 4) is 0 Å². The van der Waals surface area contributed by atoms with E-state index >= 15 is 0 Å². The van der Waals surface area contributed by atoms with Crippen LogP contribution in [0.15, 0.2) is 27.6 Å². The van der Waals surface area contributed by atoms with Gasteiger partial charge >= 0.3 is 10.2 Å². The summed E-state index contributed by atoms with van der Waals surface area (Å²) in [4.78, 5) is -0.442. The Hall–Kier alpha value is -0.620. The van der Waals surface area contributed by atoms with Gasteiger partial charge in [-0.1, -0.05) is 0 Å². The second-order valence-electron chi connectivity index (χ2n) is 2.13. The van der Waals surface area contributed by atoms with E-state index in [1.807, 2.05) is 0 Å². The number of hydrogen-bond acceptors (Lipinski definition) is 3. The molecule has 3 nitrogen and oxygen atoms in total. The molecule has 0 aliphatic rings. The van der Waals surface area contributed by atoms with Crippen molar-refractivity contribution in [2.24, 2.45) is 0 Å². The summed E-state index contributed by atoms with van der Waals surface area (Å²) in [5.74, 6) is 0. The van der Waals surface area contributed by atoms with Crippen LogP contribution in [0.25, 0.3) is 0 Å². The van der Waals surface area contributed by atoms with E-state index in [-0.39, 0.29) is 10.2 Å². The Bertz CT molecular complexity index is 404. The lowest BCUT2D eigenvalue weighted by atomic mass is 10.3. The predicted octanol–water partition coefficient (Wildman–Crippen LogP) is 1.69. The summed E-state index contributed by atoms with van der Waals surface area (Å²) in [5.41, 5.74) is 5.48. The number of rotatable bonds is 1. The quantitative estimate of drug-likeness (QED) is 0.612. The highest BCUT2D eigenvalue weighted by atomic mass is 79.9. The first kappa shape index (κ1) is 9.47. The number of halogens is 2. The van der Waals surface area contributed by atoms with Crippen molar-refractivity contribution in [2.75, 3.05) is 5.73 Å². The van der Waals surface area contributed by atoms with E-state index in [1.165, 1.54) is 12.1 Å². The van der Waals surface area contributed by atoms with E-state index in [9.17, 15) is 12.3 Å². The van der Waals surface area contributed by atoms with Gasteiger partial charge in [0, 0.05) is 10.2 Å². The highest BCUT2D eigenvalue weighted by Crippen LogP contribution is 2.25. The maximum atomic E-state index is 12.4. The first-order chi connectivity index (χ1) is 5.41. The normalized spacial score (nSPS) is 11.5. The minimum Gasteiger partial charge on any atom is -0.399 e. The van der Waals surface area contributed by atoms with Crippen molar-refractivity contribution in [1.29, 1.82) is 0 Å². The van der Waals surface area contributed by atoms with Gasteiger partial charge in [0.25, 0.3) is 0 Å². The summed E-state index contributed by atoms with van der Waals surface area (Å²) in [6.45, 7) is 0. The van der Waals surface area contributed by atoms with Crippen LogP contribution in [0.1, 0.15) is 0 Å². The van der Waals surface area contributed by atoms with Crippen LogP contribution in [0.5, 0.6) is 0 Å². The Morgan fingerprint density at radius 1 is 1.42 bits per heavy atom. The fourth-order valence-corrected chi connectivity index (χ4v) is 2.11. The van der Waals surface area contributed by atoms with E-state index in [4.69, 9.17) is 5.73 Å². The van der Waals surface area contributed by atoms with Crippen LogP contribution >= 0.6 is 15.9 Å².